The fourth-order valence-corrected chi connectivity index (χ4v) is 4.12. The number of para-hydroxylation sites is 1. The molecule has 0 saturated carbocycles. The van der Waals surface area contributed by atoms with Crippen LogP contribution in [-0.4, -0.2) is 17.6 Å². The van der Waals surface area contributed by atoms with Gasteiger partial charge in [0.05, 0.1) is 12.2 Å². The average Bonchev–Trinajstić information content (AvgIpc) is 3.00. The van der Waals surface area contributed by atoms with Crippen LogP contribution < -0.4 is 10.2 Å². The molecule has 0 radical (unpaired) electrons. The van der Waals surface area contributed by atoms with Crippen molar-refractivity contribution in [3.05, 3.63) is 102 Å². The lowest BCUT2D eigenvalue weighted by molar-refractivity contribution is -0.131. The second-order valence-electron chi connectivity index (χ2n) is 9.10. The second-order valence-corrected chi connectivity index (χ2v) is 9.10. The molecule has 0 saturated heterocycles. The fraction of sp³-hybridized carbons (Fsp3) is 0.259. The quantitative estimate of drug-likeness (QED) is 0.550. The first-order chi connectivity index (χ1) is 15.7. The van der Waals surface area contributed by atoms with E-state index in [4.69, 9.17) is 4.74 Å². The molecule has 0 spiro atoms. The molecule has 6 heteroatoms. The Labute approximate surface area is 193 Å². The molecule has 1 aliphatic heterocycles. The van der Waals surface area contributed by atoms with E-state index >= 15 is 4.39 Å². The molecule has 2 atom stereocenters. The molecular weight excluding hydrogens is 419 g/mol. The zero-order valence-corrected chi connectivity index (χ0v) is 18.9. The highest BCUT2D eigenvalue weighted by atomic mass is 19.1. The fourth-order valence-electron chi connectivity index (χ4n) is 4.12. The first-order valence-electron chi connectivity index (χ1n) is 10.9. The van der Waals surface area contributed by atoms with Gasteiger partial charge in [-0.15, -0.1) is 0 Å². The molecule has 3 aromatic rings. The zero-order chi connectivity index (χ0) is 23.6. The molecule has 5 nitrogen and oxygen atoms in total. The van der Waals surface area contributed by atoms with E-state index in [0.717, 1.165) is 5.56 Å². The number of alkyl halides is 1. The summed E-state index contributed by atoms with van der Waals surface area (Å²) in [6, 6.07) is 23.6. The van der Waals surface area contributed by atoms with E-state index in [2.05, 4.69) is 5.32 Å². The third-order valence-electron chi connectivity index (χ3n) is 5.52. The minimum atomic E-state index is -2.51. The summed E-state index contributed by atoms with van der Waals surface area (Å²) in [4.78, 5) is 27.9. The van der Waals surface area contributed by atoms with Gasteiger partial charge in [-0.1, -0.05) is 78.9 Å². The molecule has 3 aromatic carbocycles. The van der Waals surface area contributed by atoms with Crippen LogP contribution in [0.5, 0.6) is 0 Å². The molecule has 0 aromatic heterocycles. The smallest absolute Gasteiger partial charge is 0.408 e. The van der Waals surface area contributed by atoms with Gasteiger partial charge >= 0.3 is 6.09 Å². The molecule has 1 N–H and O–H groups in total. The predicted octanol–water partition coefficient (Wildman–Crippen LogP) is 5.66. The van der Waals surface area contributed by atoms with Crippen LogP contribution in [0.2, 0.25) is 0 Å². The van der Waals surface area contributed by atoms with Crippen molar-refractivity contribution in [1.82, 2.24) is 5.32 Å². The number of nitrogens with zero attached hydrogens (tertiary/aromatic N) is 1. The van der Waals surface area contributed by atoms with Crippen molar-refractivity contribution in [2.24, 2.45) is 0 Å². The van der Waals surface area contributed by atoms with Crippen molar-refractivity contribution in [3.8, 4) is 0 Å². The van der Waals surface area contributed by atoms with Crippen LogP contribution in [-0.2, 0) is 21.7 Å². The highest BCUT2D eigenvalue weighted by molar-refractivity contribution is 6.07. The summed E-state index contributed by atoms with van der Waals surface area (Å²) in [6.45, 7) is 5.41. The largest absolute Gasteiger partial charge is 0.444 e. The molecule has 170 valence electrons. The molecule has 33 heavy (non-hydrogen) atoms. The SMILES string of the molecule is CC(C)(C)OC(=O)N[C@@H](c1ccccc1)[C@]1(F)C(=O)N(Cc2ccccc2)c2ccccc21. The van der Waals surface area contributed by atoms with Gasteiger partial charge in [-0.2, -0.15) is 0 Å². The van der Waals surface area contributed by atoms with Crippen molar-refractivity contribution in [2.45, 2.75) is 44.6 Å². The number of halogens is 1. The van der Waals surface area contributed by atoms with Gasteiger partial charge in [-0.3, -0.25) is 4.79 Å². The minimum Gasteiger partial charge on any atom is -0.444 e. The highest BCUT2D eigenvalue weighted by Crippen LogP contribution is 2.50. The van der Waals surface area contributed by atoms with Crippen LogP contribution in [0.1, 0.15) is 43.5 Å². The van der Waals surface area contributed by atoms with E-state index in [9.17, 15) is 9.59 Å². The predicted molar refractivity (Wildman–Crippen MR) is 125 cm³/mol. The van der Waals surface area contributed by atoms with E-state index < -0.39 is 29.3 Å². The Bertz CT molecular complexity index is 1140. The Morgan fingerprint density at radius 1 is 0.970 bits per heavy atom. The number of amides is 2. The standard InChI is InChI=1S/C27H27FN2O3/c1-26(2,3)33-25(32)29-23(20-14-8-5-9-15-20)27(28)21-16-10-11-17-22(21)30(24(27)31)18-19-12-6-4-7-13-19/h4-17,23H,18H2,1-3H3,(H,29,32)/t23-,27-/m0/s1. The van der Waals surface area contributed by atoms with Gasteiger partial charge in [0.15, 0.2) is 0 Å². The molecule has 0 bridgehead atoms. The Morgan fingerprint density at radius 3 is 2.18 bits per heavy atom. The van der Waals surface area contributed by atoms with Crippen molar-refractivity contribution in [3.63, 3.8) is 0 Å². The summed E-state index contributed by atoms with van der Waals surface area (Å²) >= 11 is 0. The van der Waals surface area contributed by atoms with E-state index in [1.165, 1.54) is 4.90 Å². The minimum absolute atomic E-state index is 0.218. The average molecular weight is 447 g/mol. The van der Waals surface area contributed by atoms with Gasteiger partial charge < -0.3 is 15.0 Å². The van der Waals surface area contributed by atoms with Gasteiger partial charge in [-0.25, -0.2) is 9.18 Å². The Balaban J connectivity index is 1.78. The number of fused-ring (bicyclic) bond motifs is 1. The number of carbonyl (C=O) groups excluding carboxylic acids is 2. The van der Waals surface area contributed by atoms with E-state index in [0.29, 0.717) is 11.3 Å². The molecule has 0 aliphatic carbocycles. The van der Waals surface area contributed by atoms with Gasteiger partial charge in [0.1, 0.15) is 11.6 Å². The number of ether oxygens (including phenoxy) is 1. The summed E-state index contributed by atoms with van der Waals surface area (Å²) in [5, 5.41) is 2.64. The van der Waals surface area contributed by atoms with E-state index in [-0.39, 0.29) is 12.1 Å². The monoisotopic (exact) mass is 446 g/mol. The number of anilines is 1. The number of rotatable bonds is 5. The number of benzene rings is 3. The number of hydrogen-bond acceptors (Lipinski definition) is 3. The number of nitrogens with one attached hydrogen (secondary N) is 1. The molecular formula is C27H27FN2O3. The van der Waals surface area contributed by atoms with Gasteiger partial charge in [0.2, 0.25) is 5.67 Å². The third kappa shape index (κ3) is 4.46. The molecule has 4 rings (SSSR count). The van der Waals surface area contributed by atoms with Crippen LogP contribution in [0.25, 0.3) is 0 Å². The summed E-state index contributed by atoms with van der Waals surface area (Å²) in [5.41, 5.74) is -1.23. The first kappa shape index (κ1) is 22.5. The molecule has 1 heterocycles. The van der Waals surface area contributed by atoms with Crippen LogP contribution in [0, 0.1) is 0 Å². The zero-order valence-electron chi connectivity index (χ0n) is 18.9. The lowest BCUT2D eigenvalue weighted by Crippen LogP contribution is -2.48. The molecule has 0 unspecified atom stereocenters. The van der Waals surface area contributed by atoms with Crippen molar-refractivity contribution < 1.29 is 18.7 Å². The summed E-state index contributed by atoms with van der Waals surface area (Å²) in [6.07, 6.45) is -0.792. The van der Waals surface area contributed by atoms with Gasteiger partial charge in [-0.05, 0) is 38.0 Å². The first-order valence-corrected chi connectivity index (χ1v) is 10.9. The maximum atomic E-state index is 17.1. The summed E-state index contributed by atoms with van der Waals surface area (Å²) < 4.78 is 22.5. The van der Waals surface area contributed by atoms with Gasteiger partial charge in [0, 0.05) is 5.56 Å². The third-order valence-corrected chi connectivity index (χ3v) is 5.52. The number of hydrogen-bond donors (Lipinski definition) is 1. The topological polar surface area (TPSA) is 58.6 Å². The number of alkyl carbamates (subject to hydrolysis) is 1. The molecule has 0 fully saturated rings. The summed E-state index contributed by atoms with van der Waals surface area (Å²) in [7, 11) is 0. The van der Waals surface area contributed by atoms with Crippen LogP contribution in [0.15, 0.2) is 84.9 Å². The maximum absolute atomic E-state index is 17.1. The van der Waals surface area contributed by atoms with Crippen LogP contribution >= 0.6 is 0 Å². The van der Waals surface area contributed by atoms with Crippen molar-refractivity contribution in [1.29, 1.82) is 0 Å². The number of carbonyl (C=O) groups is 2. The Kier molecular flexibility index (Phi) is 5.93. The van der Waals surface area contributed by atoms with E-state index in [1.54, 1.807) is 75.4 Å². The van der Waals surface area contributed by atoms with E-state index in [1.807, 2.05) is 30.3 Å². The Morgan fingerprint density at radius 2 is 1.55 bits per heavy atom. The lowest BCUT2D eigenvalue weighted by atomic mass is 9.85. The lowest BCUT2D eigenvalue weighted by Gasteiger charge is -2.32. The maximum Gasteiger partial charge on any atom is 0.408 e. The van der Waals surface area contributed by atoms with Gasteiger partial charge in [0.25, 0.3) is 5.91 Å². The van der Waals surface area contributed by atoms with Crippen molar-refractivity contribution in [2.75, 3.05) is 4.90 Å². The van der Waals surface area contributed by atoms with Crippen LogP contribution in [0.3, 0.4) is 0 Å². The van der Waals surface area contributed by atoms with Crippen molar-refractivity contribution >= 4 is 17.7 Å². The molecule has 1 aliphatic rings. The normalized spacial score (nSPS) is 18.5. The second kappa shape index (κ2) is 8.70. The Hall–Kier alpha value is -3.67. The highest BCUT2D eigenvalue weighted by Gasteiger charge is 2.58. The summed E-state index contributed by atoms with van der Waals surface area (Å²) in [5.74, 6) is -0.725. The molecule has 2 amide bonds. The van der Waals surface area contributed by atoms with Crippen LogP contribution in [0.4, 0.5) is 14.9 Å².